The topological polar surface area (TPSA) is 87.7 Å². The van der Waals surface area contributed by atoms with E-state index in [0.29, 0.717) is 60.5 Å². The molecule has 4 aromatic carbocycles. The van der Waals surface area contributed by atoms with E-state index in [4.69, 9.17) is 4.74 Å². The van der Waals surface area contributed by atoms with E-state index in [9.17, 15) is 23.2 Å². The molecule has 1 saturated heterocycles. The Morgan fingerprint density at radius 2 is 1.49 bits per heavy atom. The SMILES string of the molecule is O=C(Cc1cc(Nc2ccc3c(c2)CCc2ccc(C(=O)NCCN4CCOCC4)cc2C3=O)ccc1F)c1ccc(F)cc1. The smallest absolute Gasteiger partial charge is 0.251 e. The summed E-state index contributed by atoms with van der Waals surface area (Å²) in [5.74, 6) is -1.61. The Balaban J connectivity index is 1.13. The lowest BCUT2D eigenvalue weighted by molar-refractivity contribution is 0.0383. The number of hydrogen-bond acceptors (Lipinski definition) is 6. The molecule has 0 unspecified atom stereocenters. The Morgan fingerprint density at radius 3 is 2.29 bits per heavy atom. The number of fused-ring (bicyclic) bond motifs is 2. The molecule has 7 nitrogen and oxygen atoms in total. The van der Waals surface area contributed by atoms with E-state index in [1.807, 2.05) is 12.1 Å². The summed E-state index contributed by atoms with van der Waals surface area (Å²) in [4.78, 5) is 41.4. The minimum absolute atomic E-state index is 0.129. The van der Waals surface area contributed by atoms with Gasteiger partial charge in [-0.2, -0.15) is 0 Å². The van der Waals surface area contributed by atoms with E-state index in [1.165, 1.54) is 30.3 Å². The zero-order valence-electron chi connectivity index (χ0n) is 24.7. The Bertz CT molecular complexity index is 1750. The molecule has 1 fully saturated rings. The quantitative estimate of drug-likeness (QED) is 0.243. The van der Waals surface area contributed by atoms with Crippen LogP contribution in [0.25, 0.3) is 0 Å². The fourth-order valence-corrected chi connectivity index (χ4v) is 5.78. The summed E-state index contributed by atoms with van der Waals surface area (Å²) in [7, 11) is 0. The van der Waals surface area contributed by atoms with E-state index in [0.717, 1.165) is 36.4 Å². The summed E-state index contributed by atoms with van der Waals surface area (Å²) in [5.41, 5.74) is 5.16. The molecule has 6 rings (SSSR count). The van der Waals surface area contributed by atoms with Crippen molar-refractivity contribution in [2.45, 2.75) is 19.3 Å². The molecule has 1 amide bonds. The average Bonchev–Trinajstić information content (AvgIpc) is 3.19. The first-order valence-corrected chi connectivity index (χ1v) is 15.1. The number of carbonyl (C=O) groups excluding carboxylic acids is 3. The van der Waals surface area contributed by atoms with Gasteiger partial charge in [-0.15, -0.1) is 0 Å². The van der Waals surface area contributed by atoms with E-state index in [1.54, 1.807) is 36.4 Å². The summed E-state index contributed by atoms with van der Waals surface area (Å²) in [6.07, 6.45) is 1.11. The van der Waals surface area contributed by atoms with Gasteiger partial charge in [0.1, 0.15) is 11.6 Å². The van der Waals surface area contributed by atoms with Crippen LogP contribution in [0.1, 0.15) is 53.3 Å². The number of aryl methyl sites for hydroxylation is 2. The molecule has 0 spiro atoms. The maximum Gasteiger partial charge on any atom is 0.251 e. The fraction of sp³-hybridized carbons (Fsp3) is 0.250. The van der Waals surface area contributed by atoms with Crippen LogP contribution in [0.4, 0.5) is 20.2 Å². The number of nitrogens with one attached hydrogen (secondary N) is 2. The summed E-state index contributed by atoms with van der Waals surface area (Å²) in [5, 5.41) is 6.23. The molecule has 230 valence electrons. The second-order valence-electron chi connectivity index (χ2n) is 11.3. The number of anilines is 2. The highest BCUT2D eigenvalue weighted by atomic mass is 19.1. The number of nitrogens with zero attached hydrogens (tertiary/aromatic N) is 1. The molecular formula is C36H33F2N3O4. The van der Waals surface area contributed by atoms with E-state index < -0.39 is 11.6 Å². The second-order valence-corrected chi connectivity index (χ2v) is 11.3. The zero-order chi connectivity index (χ0) is 31.3. The first-order chi connectivity index (χ1) is 21.8. The highest BCUT2D eigenvalue weighted by molar-refractivity contribution is 6.12. The lowest BCUT2D eigenvalue weighted by atomic mass is 9.96. The summed E-state index contributed by atoms with van der Waals surface area (Å²) in [6, 6.07) is 20.4. The number of halogens is 2. The number of morpholine rings is 1. The Kier molecular flexibility index (Phi) is 9.09. The predicted molar refractivity (Wildman–Crippen MR) is 167 cm³/mol. The Hall–Kier alpha value is -4.73. The highest BCUT2D eigenvalue weighted by Gasteiger charge is 2.23. The van der Waals surface area contributed by atoms with Gasteiger partial charge in [0.15, 0.2) is 11.6 Å². The largest absolute Gasteiger partial charge is 0.379 e. The maximum atomic E-state index is 14.6. The molecule has 0 bridgehead atoms. The Morgan fingerprint density at radius 1 is 0.778 bits per heavy atom. The number of amides is 1. The normalized spacial score (nSPS) is 14.7. The molecule has 0 atom stereocenters. The van der Waals surface area contributed by atoms with Crippen LogP contribution < -0.4 is 10.6 Å². The van der Waals surface area contributed by atoms with Gasteiger partial charge in [-0.05, 0) is 102 Å². The van der Waals surface area contributed by atoms with E-state index in [-0.39, 0.29) is 29.5 Å². The van der Waals surface area contributed by atoms with Gasteiger partial charge in [-0.1, -0.05) is 6.07 Å². The Labute approximate surface area is 260 Å². The van der Waals surface area contributed by atoms with Crippen molar-refractivity contribution in [3.8, 4) is 0 Å². The molecule has 4 aromatic rings. The van der Waals surface area contributed by atoms with Crippen LogP contribution in [0.3, 0.4) is 0 Å². The molecule has 45 heavy (non-hydrogen) atoms. The molecule has 1 aliphatic carbocycles. The third-order valence-corrected chi connectivity index (χ3v) is 8.30. The van der Waals surface area contributed by atoms with Crippen molar-refractivity contribution in [2.24, 2.45) is 0 Å². The molecule has 2 aliphatic rings. The number of hydrogen-bond donors (Lipinski definition) is 2. The number of rotatable bonds is 9. The number of carbonyl (C=O) groups is 3. The molecule has 0 saturated carbocycles. The van der Waals surface area contributed by atoms with Gasteiger partial charge < -0.3 is 15.4 Å². The lowest BCUT2D eigenvalue weighted by Crippen LogP contribution is -2.41. The zero-order valence-corrected chi connectivity index (χ0v) is 24.7. The predicted octanol–water partition coefficient (Wildman–Crippen LogP) is 5.53. The fourth-order valence-electron chi connectivity index (χ4n) is 5.78. The van der Waals surface area contributed by atoms with Gasteiger partial charge in [0.2, 0.25) is 0 Å². The van der Waals surface area contributed by atoms with Crippen LogP contribution in [-0.4, -0.2) is 61.8 Å². The van der Waals surface area contributed by atoms with Gasteiger partial charge in [-0.25, -0.2) is 8.78 Å². The van der Waals surface area contributed by atoms with Crippen molar-refractivity contribution in [2.75, 3.05) is 44.7 Å². The van der Waals surface area contributed by atoms with Crippen molar-refractivity contribution in [1.29, 1.82) is 0 Å². The number of ketones is 2. The minimum Gasteiger partial charge on any atom is -0.379 e. The van der Waals surface area contributed by atoms with Crippen molar-refractivity contribution >= 4 is 28.8 Å². The van der Waals surface area contributed by atoms with Gasteiger partial charge in [-0.3, -0.25) is 19.3 Å². The molecule has 9 heteroatoms. The van der Waals surface area contributed by atoms with Gasteiger partial charge in [0.25, 0.3) is 5.91 Å². The van der Waals surface area contributed by atoms with Crippen molar-refractivity contribution in [3.05, 3.63) is 129 Å². The summed E-state index contributed by atoms with van der Waals surface area (Å²) in [6.45, 7) is 4.37. The third-order valence-electron chi connectivity index (χ3n) is 8.30. The average molecular weight is 610 g/mol. The van der Waals surface area contributed by atoms with Gasteiger partial charge in [0.05, 0.1) is 13.2 Å². The first kappa shape index (κ1) is 30.3. The maximum absolute atomic E-state index is 14.6. The summed E-state index contributed by atoms with van der Waals surface area (Å²) >= 11 is 0. The van der Waals surface area contributed by atoms with Crippen LogP contribution in [0.15, 0.2) is 78.9 Å². The monoisotopic (exact) mass is 609 g/mol. The summed E-state index contributed by atoms with van der Waals surface area (Å²) < 4.78 is 33.2. The van der Waals surface area contributed by atoms with Crippen LogP contribution >= 0.6 is 0 Å². The lowest BCUT2D eigenvalue weighted by Gasteiger charge is -2.26. The number of Topliss-reactive ketones (excluding diaryl/α,β-unsaturated/α-hetero) is 1. The van der Waals surface area contributed by atoms with Gasteiger partial charge in [0, 0.05) is 66.2 Å². The molecule has 0 radical (unpaired) electrons. The van der Waals surface area contributed by atoms with E-state index >= 15 is 0 Å². The van der Waals surface area contributed by atoms with Crippen LogP contribution in [0, 0.1) is 11.6 Å². The first-order valence-electron chi connectivity index (χ1n) is 15.1. The molecule has 0 aromatic heterocycles. The molecule has 1 heterocycles. The molecule has 1 aliphatic heterocycles. The standard InChI is InChI=1S/C36H33F2N3O4/c37-28-7-5-24(6-8-28)34(42)22-27-20-30(10-12-33(27)38)40-29-9-11-31-25(19-29)3-1-23-2-4-26(21-32(23)35(31)43)36(44)39-13-14-41-15-17-45-18-16-41/h2,4-12,19-21,40H,1,3,13-18,22H2,(H,39,44). The van der Waals surface area contributed by atoms with Crippen molar-refractivity contribution < 1.29 is 27.9 Å². The van der Waals surface area contributed by atoms with Crippen LogP contribution in [-0.2, 0) is 24.0 Å². The second kappa shape index (κ2) is 13.5. The van der Waals surface area contributed by atoms with Crippen LogP contribution in [0.5, 0.6) is 0 Å². The highest BCUT2D eigenvalue weighted by Crippen LogP contribution is 2.29. The number of ether oxygens (including phenoxy) is 1. The minimum atomic E-state index is -0.508. The van der Waals surface area contributed by atoms with Crippen molar-refractivity contribution in [1.82, 2.24) is 10.2 Å². The third kappa shape index (κ3) is 7.16. The molecular weight excluding hydrogens is 576 g/mol. The van der Waals surface area contributed by atoms with Crippen LogP contribution in [0.2, 0.25) is 0 Å². The van der Waals surface area contributed by atoms with Gasteiger partial charge >= 0.3 is 0 Å². The van der Waals surface area contributed by atoms with E-state index in [2.05, 4.69) is 15.5 Å². The number of benzene rings is 4. The molecule has 2 N–H and O–H groups in total. The van der Waals surface area contributed by atoms with Crippen molar-refractivity contribution in [3.63, 3.8) is 0 Å².